The first-order chi connectivity index (χ1) is 14.6. The number of nitrogen functional groups attached to an aromatic ring is 1. The van der Waals surface area contributed by atoms with E-state index in [0.29, 0.717) is 16.3 Å². The van der Waals surface area contributed by atoms with Crippen LogP contribution in [0.25, 0.3) is 11.1 Å². The lowest BCUT2D eigenvalue weighted by Gasteiger charge is -2.14. The van der Waals surface area contributed by atoms with Crippen LogP contribution in [0.1, 0.15) is 28.2 Å². The highest BCUT2D eigenvalue weighted by Gasteiger charge is 2.28. The molecule has 3 aromatic carbocycles. The summed E-state index contributed by atoms with van der Waals surface area (Å²) < 4.78 is 5.49. The van der Waals surface area contributed by atoms with E-state index in [-0.39, 0.29) is 19.1 Å². The van der Waals surface area contributed by atoms with E-state index >= 15 is 0 Å². The molecule has 0 radical (unpaired) electrons. The Kier molecular flexibility index (Phi) is 5.65. The first-order valence-corrected chi connectivity index (χ1v) is 10.1. The normalized spacial score (nSPS) is 11.8. The third-order valence-electron chi connectivity index (χ3n) is 5.32. The van der Waals surface area contributed by atoms with Crippen molar-refractivity contribution in [1.82, 2.24) is 5.32 Å². The molecule has 0 aromatic heterocycles. The molecule has 150 valence electrons. The number of halogens is 1. The Bertz CT molecular complexity index is 1130. The van der Waals surface area contributed by atoms with Gasteiger partial charge in [0.1, 0.15) is 6.61 Å². The number of nitrogens with two attached hydrogens (primary N) is 1. The minimum atomic E-state index is -0.495. The largest absolute Gasteiger partial charge is 0.449 e. The Morgan fingerprint density at radius 2 is 1.70 bits per heavy atom. The minimum absolute atomic E-state index is 0.0331. The van der Waals surface area contributed by atoms with Crippen molar-refractivity contribution in [3.05, 3.63) is 87.9 Å². The molecule has 5 heteroatoms. The molecule has 30 heavy (non-hydrogen) atoms. The van der Waals surface area contributed by atoms with E-state index in [9.17, 15) is 4.79 Å². The van der Waals surface area contributed by atoms with Crippen LogP contribution in [0.15, 0.2) is 60.7 Å². The molecular weight excluding hydrogens is 396 g/mol. The maximum atomic E-state index is 12.2. The summed E-state index contributed by atoms with van der Waals surface area (Å²) in [5.74, 6) is 5.88. The van der Waals surface area contributed by atoms with Gasteiger partial charge >= 0.3 is 6.09 Å². The predicted molar refractivity (Wildman–Crippen MR) is 121 cm³/mol. The van der Waals surface area contributed by atoms with E-state index in [2.05, 4.69) is 41.4 Å². The summed E-state index contributed by atoms with van der Waals surface area (Å²) in [4.78, 5) is 12.2. The maximum Gasteiger partial charge on any atom is 0.407 e. The van der Waals surface area contributed by atoms with Crippen molar-refractivity contribution in [1.29, 1.82) is 0 Å². The summed E-state index contributed by atoms with van der Waals surface area (Å²) >= 11 is 6.25. The molecule has 0 saturated heterocycles. The number of hydrogen-bond donors (Lipinski definition) is 2. The fourth-order valence-corrected chi connectivity index (χ4v) is 3.92. The Labute approximate surface area is 181 Å². The Morgan fingerprint density at radius 1 is 1.07 bits per heavy atom. The number of carbonyl (C=O) groups excluding carboxylic acids is 1. The Balaban J connectivity index is 1.36. The van der Waals surface area contributed by atoms with Gasteiger partial charge in [-0.15, -0.1) is 0 Å². The molecule has 3 aromatic rings. The molecule has 0 heterocycles. The van der Waals surface area contributed by atoms with Gasteiger partial charge in [0.05, 0.1) is 11.6 Å². The molecule has 0 fully saturated rings. The third-order valence-corrected chi connectivity index (χ3v) is 5.80. The number of carbonyl (C=O) groups is 1. The fraction of sp³-hybridized carbons (Fsp3) is 0.160. The molecule has 1 aliphatic rings. The molecule has 0 spiro atoms. The molecule has 1 amide bonds. The second-order valence-electron chi connectivity index (χ2n) is 7.12. The highest BCUT2D eigenvalue weighted by atomic mass is 35.5. The van der Waals surface area contributed by atoms with E-state index in [1.54, 1.807) is 12.1 Å². The molecule has 4 rings (SSSR count). The van der Waals surface area contributed by atoms with Crippen molar-refractivity contribution in [3.8, 4) is 23.0 Å². The second-order valence-corrected chi connectivity index (χ2v) is 7.50. The van der Waals surface area contributed by atoms with Crippen LogP contribution in [0, 0.1) is 18.8 Å². The van der Waals surface area contributed by atoms with Crippen LogP contribution in [0.5, 0.6) is 0 Å². The van der Waals surface area contributed by atoms with E-state index < -0.39 is 6.09 Å². The van der Waals surface area contributed by atoms with Gasteiger partial charge in [0.15, 0.2) is 0 Å². The lowest BCUT2D eigenvalue weighted by atomic mass is 9.98. The van der Waals surface area contributed by atoms with Gasteiger partial charge in [0.25, 0.3) is 0 Å². The van der Waals surface area contributed by atoms with Crippen molar-refractivity contribution in [2.24, 2.45) is 0 Å². The zero-order chi connectivity index (χ0) is 21.1. The quantitative estimate of drug-likeness (QED) is 0.460. The van der Waals surface area contributed by atoms with E-state index in [1.165, 1.54) is 22.3 Å². The van der Waals surface area contributed by atoms with E-state index in [1.807, 2.05) is 31.2 Å². The number of fused-ring (bicyclic) bond motifs is 3. The van der Waals surface area contributed by atoms with Gasteiger partial charge in [-0.1, -0.05) is 72.0 Å². The summed E-state index contributed by atoms with van der Waals surface area (Å²) in [7, 11) is 0. The number of hydrogen-bond acceptors (Lipinski definition) is 3. The first-order valence-electron chi connectivity index (χ1n) is 9.68. The van der Waals surface area contributed by atoms with Crippen molar-refractivity contribution in [2.75, 3.05) is 18.9 Å². The number of anilines is 1. The molecule has 0 unspecified atom stereocenters. The maximum absolute atomic E-state index is 12.2. The molecule has 0 saturated carbocycles. The van der Waals surface area contributed by atoms with Gasteiger partial charge in [0, 0.05) is 17.2 Å². The summed E-state index contributed by atoms with van der Waals surface area (Å²) in [5.41, 5.74) is 12.7. The number of nitrogens with one attached hydrogen (secondary N) is 1. The van der Waals surface area contributed by atoms with Crippen molar-refractivity contribution in [2.45, 2.75) is 12.8 Å². The third kappa shape index (κ3) is 3.85. The van der Waals surface area contributed by atoms with Gasteiger partial charge < -0.3 is 15.8 Å². The molecule has 3 N–H and O–H groups in total. The van der Waals surface area contributed by atoms with Gasteiger partial charge in [0.2, 0.25) is 0 Å². The van der Waals surface area contributed by atoms with Crippen molar-refractivity contribution < 1.29 is 9.53 Å². The highest BCUT2D eigenvalue weighted by Crippen LogP contribution is 2.44. The van der Waals surface area contributed by atoms with Crippen LogP contribution >= 0.6 is 11.6 Å². The number of rotatable bonds is 3. The molecule has 0 atom stereocenters. The van der Waals surface area contributed by atoms with Gasteiger partial charge in [-0.3, -0.25) is 0 Å². The molecule has 0 bridgehead atoms. The van der Waals surface area contributed by atoms with Gasteiger partial charge in [-0.25, -0.2) is 4.79 Å². The Hall–Kier alpha value is -3.42. The minimum Gasteiger partial charge on any atom is -0.449 e. The molecule has 1 aliphatic carbocycles. The SMILES string of the molecule is Cc1c(N)ccc(C#CCNC(=O)OCC2c3ccccc3-c3ccccc32)c1Cl. The van der Waals surface area contributed by atoms with Crippen LogP contribution in [0.3, 0.4) is 0 Å². The lowest BCUT2D eigenvalue weighted by Crippen LogP contribution is -2.26. The smallest absolute Gasteiger partial charge is 0.407 e. The summed E-state index contributed by atoms with van der Waals surface area (Å²) in [6.45, 7) is 2.28. The molecule has 4 nitrogen and oxygen atoms in total. The number of ether oxygens (including phenoxy) is 1. The summed E-state index contributed by atoms with van der Waals surface area (Å²) in [6.07, 6.45) is -0.495. The average Bonchev–Trinajstić information content (AvgIpc) is 3.09. The topological polar surface area (TPSA) is 64.3 Å². The van der Waals surface area contributed by atoms with Gasteiger partial charge in [-0.05, 0) is 46.9 Å². The van der Waals surface area contributed by atoms with Crippen LogP contribution in [-0.2, 0) is 4.74 Å². The van der Waals surface area contributed by atoms with Crippen LogP contribution in [-0.4, -0.2) is 19.2 Å². The lowest BCUT2D eigenvalue weighted by molar-refractivity contribution is 0.144. The van der Waals surface area contributed by atoms with Crippen LogP contribution in [0.2, 0.25) is 5.02 Å². The Morgan fingerprint density at radius 3 is 2.37 bits per heavy atom. The van der Waals surface area contributed by atoms with E-state index in [4.69, 9.17) is 22.1 Å². The second kappa shape index (κ2) is 8.52. The van der Waals surface area contributed by atoms with E-state index in [0.717, 1.165) is 5.56 Å². The molecule has 0 aliphatic heterocycles. The highest BCUT2D eigenvalue weighted by molar-refractivity contribution is 6.32. The summed E-state index contributed by atoms with van der Waals surface area (Å²) in [5, 5.41) is 3.20. The standard InChI is InChI=1S/C25H21ClN2O2/c1-16-23(27)13-12-17(24(16)26)7-6-14-28-25(29)30-15-22-20-10-4-2-8-18(20)19-9-3-5-11-21(19)22/h2-5,8-13,22H,14-15,27H2,1H3,(H,28,29). The average molecular weight is 417 g/mol. The van der Waals surface area contributed by atoms with Gasteiger partial charge in [-0.2, -0.15) is 0 Å². The number of alkyl carbamates (subject to hydrolysis) is 1. The van der Waals surface area contributed by atoms with Crippen LogP contribution < -0.4 is 11.1 Å². The monoisotopic (exact) mass is 416 g/mol. The van der Waals surface area contributed by atoms with Crippen LogP contribution in [0.4, 0.5) is 10.5 Å². The van der Waals surface area contributed by atoms with Crippen molar-refractivity contribution in [3.63, 3.8) is 0 Å². The number of benzene rings is 3. The zero-order valence-corrected chi connectivity index (χ0v) is 17.3. The fourth-order valence-electron chi connectivity index (χ4n) is 3.70. The number of amides is 1. The predicted octanol–water partition coefficient (Wildman–Crippen LogP) is 5.12. The molecular formula is C25H21ClN2O2. The first kappa shape index (κ1) is 19.9. The van der Waals surface area contributed by atoms with Crippen molar-refractivity contribution >= 4 is 23.4 Å². The zero-order valence-electron chi connectivity index (χ0n) is 16.5. The summed E-state index contributed by atoms with van der Waals surface area (Å²) in [6, 6.07) is 20.0.